The lowest BCUT2D eigenvalue weighted by molar-refractivity contribution is -0.128. The third kappa shape index (κ3) is 3.64. The molecule has 0 saturated heterocycles. The molecule has 0 saturated carbocycles. The molecule has 3 aromatic rings. The van der Waals surface area contributed by atoms with Crippen LogP contribution in [-0.2, 0) is 26.3 Å². The van der Waals surface area contributed by atoms with E-state index in [0.29, 0.717) is 22.1 Å². The summed E-state index contributed by atoms with van der Waals surface area (Å²) in [6.45, 7) is 1.77. The minimum absolute atomic E-state index is 0.627. The van der Waals surface area contributed by atoms with E-state index in [1.54, 1.807) is 24.7 Å². The van der Waals surface area contributed by atoms with Crippen LogP contribution in [0.4, 0.5) is 0 Å². The summed E-state index contributed by atoms with van der Waals surface area (Å²) in [6.07, 6.45) is 4.28. The third-order valence-electron chi connectivity index (χ3n) is 3.70. The summed E-state index contributed by atoms with van der Waals surface area (Å²) in [5.74, 6) is -0.398. The molecule has 10 heteroatoms. The Hall–Kier alpha value is -2.62. The second kappa shape index (κ2) is 6.60. The summed E-state index contributed by atoms with van der Waals surface area (Å²) in [7, 11) is -2.59. The van der Waals surface area contributed by atoms with Crippen LogP contribution in [0.2, 0.25) is 5.02 Å². The second-order valence-corrected chi connectivity index (χ2v) is 7.15. The number of hydrogen-bond acceptors (Lipinski definition) is 5. The highest BCUT2D eigenvalue weighted by Gasteiger charge is 2.16. The maximum absolute atomic E-state index is 11.6. The van der Waals surface area contributed by atoms with Gasteiger partial charge in [0.05, 0.1) is 11.2 Å². The molecule has 1 aromatic carbocycles. The minimum atomic E-state index is -4.36. The number of rotatable bonds is 4. The van der Waals surface area contributed by atoms with Gasteiger partial charge >= 0.3 is 16.3 Å². The Kier molecular flexibility index (Phi) is 4.61. The van der Waals surface area contributed by atoms with E-state index in [-0.39, 0.29) is 0 Å². The van der Waals surface area contributed by atoms with Crippen molar-refractivity contribution in [1.29, 1.82) is 0 Å². The van der Waals surface area contributed by atoms with Crippen LogP contribution in [0.15, 0.2) is 36.5 Å². The topological polar surface area (TPSA) is 109 Å². The molecular weight excluding hydrogens is 380 g/mol. The van der Waals surface area contributed by atoms with Crippen LogP contribution in [0.5, 0.6) is 0 Å². The quantitative estimate of drug-likeness (QED) is 0.681. The first-order valence-corrected chi connectivity index (χ1v) is 9.25. The van der Waals surface area contributed by atoms with Gasteiger partial charge in [0, 0.05) is 35.3 Å². The maximum Gasteiger partial charge on any atom is 0.382 e. The molecule has 0 amide bonds. The van der Waals surface area contributed by atoms with Gasteiger partial charge in [0.1, 0.15) is 5.82 Å². The number of nitrogens with zero attached hydrogens (tertiary/aromatic N) is 3. The lowest BCUT2D eigenvalue weighted by atomic mass is 10.2. The van der Waals surface area contributed by atoms with Gasteiger partial charge in [-0.3, -0.25) is 4.68 Å². The molecule has 2 N–H and O–H groups in total. The van der Waals surface area contributed by atoms with Gasteiger partial charge in [-0.25, -0.2) is 4.79 Å². The Bertz CT molecular complexity index is 1140. The number of nitrogens with two attached hydrogens (primary N) is 1. The summed E-state index contributed by atoms with van der Waals surface area (Å²) in [6, 6.07) is 7.41. The van der Waals surface area contributed by atoms with E-state index in [1.807, 2.05) is 29.0 Å². The molecule has 26 heavy (non-hydrogen) atoms. The molecule has 0 aliphatic carbocycles. The average molecular weight is 395 g/mol. The molecule has 0 fully saturated rings. The number of fused-ring (bicyclic) bond motifs is 1. The van der Waals surface area contributed by atoms with Crippen molar-refractivity contribution in [1.82, 2.24) is 14.3 Å². The van der Waals surface area contributed by atoms with Crippen LogP contribution < -0.4 is 5.14 Å². The SMILES string of the molecule is Cc1nn(C)c(-n2ccc3cc(Cl)ccc32)c1C=CC(=O)OS(N)(=O)=O. The summed E-state index contributed by atoms with van der Waals surface area (Å²) < 4.78 is 29.3. The molecular formula is C16H15ClN4O4S. The van der Waals surface area contributed by atoms with Crippen LogP contribution in [0.3, 0.4) is 0 Å². The fourth-order valence-electron chi connectivity index (χ4n) is 2.73. The minimum Gasteiger partial charge on any atom is -0.330 e. The molecule has 0 aliphatic rings. The van der Waals surface area contributed by atoms with E-state index >= 15 is 0 Å². The van der Waals surface area contributed by atoms with Crippen LogP contribution in [0, 0.1) is 6.92 Å². The van der Waals surface area contributed by atoms with Crippen molar-refractivity contribution in [3.05, 3.63) is 52.8 Å². The van der Waals surface area contributed by atoms with E-state index in [9.17, 15) is 13.2 Å². The molecule has 8 nitrogen and oxygen atoms in total. The Morgan fingerprint density at radius 3 is 2.77 bits per heavy atom. The van der Waals surface area contributed by atoms with Gasteiger partial charge < -0.3 is 8.75 Å². The smallest absolute Gasteiger partial charge is 0.330 e. The van der Waals surface area contributed by atoms with Crippen molar-refractivity contribution >= 4 is 44.9 Å². The first kappa shape index (κ1) is 18.2. The monoisotopic (exact) mass is 394 g/mol. The molecule has 2 heterocycles. The molecule has 0 bridgehead atoms. The zero-order valence-electron chi connectivity index (χ0n) is 13.9. The number of hydrogen-bond donors (Lipinski definition) is 1. The number of aromatic nitrogens is 3. The summed E-state index contributed by atoms with van der Waals surface area (Å²) in [4.78, 5) is 11.6. The number of aryl methyl sites for hydroxylation is 2. The Morgan fingerprint density at radius 2 is 2.08 bits per heavy atom. The Morgan fingerprint density at radius 1 is 1.35 bits per heavy atom. The molecule has 0 radical (unpaired) electrons. The normalized spacial score (nSPS) is 12.2. The Balaban J connectivity index is 2.07. The van der Waals surface area contributed by atoms with E-state index in [4.69, 9.17) is 11.6 Å². The van der Waals surface area contributed by atoms with Crippen molar-refractivity contribution in [3.8, 4) is 5.82 Å². The molecule has 3 rings (SSSR count). The van der Waals surface area contributed by atoms with Crippen molar-refractivity contribution in [2.75, 3.05) is 0 Å². The van der Waals surface area contributed by atoms with Crippen LogP contribution in [0.1, 0.15) is 11.3 Å². The fraction of sp³-hybridized carbons (Fsp3) is 0.125. The predicted molar refractivity (Wildman–Crippen MR) is 98.0 cm³/mol. The van der Waals surface area contributed by atoms with E-state index in [0.717, 1.165) is 17.0 Å². The number of carbonyl (C=O) groups excluding carboxylic acids is 1. The number of carbonyl (C=O) groups is 1. The van der Waals surface area contributed by atoms with Gasteiger partial charge in [0.15, 0.2) is 0 Å². The molecule has 0 spiro atoms. The number of halogens is 1. The van der Waals surface area contributed by atoms with Crippen molar-refractivity contribution in [3.63, 3.8) is 0 Å². The predicted octanol–water partition coefficient (Wildman–Crippen LogP) is 2.09. The average Bonchev–Trinajstić information content (AvgIpc) is 3.03. The summed E-state index contributed by atoms with van der Waals surface area (Å²) in [5.41, 5.74) is 2.18. The Labute approximate surface area is 154 Å². The van der Waals surface area contributed by atoms with Crippen LogP contribution in [-0.4, -0.2) is 28.7 Å². The van der Waals surface area contributed by atoms with Gasteiger partial charge in [0.2, 0.25) is 0 Å². The number of benzene rings is 1. The van der Waals surface area contributed by atoms with Gasteiger partial charge in [0.25, 0.3) is 0 Å². The van der Waals surface area contributed by atoms with E-state index in [1.165, 1.54) is 6.08 Å². The molecule has 136 valence electrons. The maximum atomic E-state index is 11.6. The zero-order valence-corrected chi connectivity index (χ0v) is 15.5. The molecule has 0 unspecified atom stereocenters. The zero-order chi connectivity index (χ0) is 19.1. The fourth-order valence-corrected chi connectivity index (χ4v) is 3.20. The summed E-state index contributed by atoms with van der Waals surface area (Å²) in [5, 5.41) is 10.6. The highest BCUT2D eigenvalue weighted by atomic mass is 35.5. The highest BCUT2D eigenvalue weighted by Crippen LogP contribution is 2.27. The summed E-state index contributed by atoms with van der Waals surface area (Å²) >= 11 is 6.03. The van der Waals surface area contributed by atoms with E-state index < -0.39 is 16.3 Å². The van der Waals surface area contributed by atoms with Crippen molar-refractivity contribution < 1.29 is 17.4 Å². The first-order valence-electron chi connectivity index (χ1n) is 7.40. The molecule has 0 aliphatic heterocycles. The molecule has 2 aromatic heterocycles. The second-order valence-electron chi connectivity index (χ2n) is 5.56. The lowest BCUT2D eigenvalue weighted by Crippen LogP contribution is -2.19. The largest absolute Gasteiger partial charge is 0.382 e. The third-order valence-corrected chi connectivity index (χ3v) is 4.33. The highest BCUT2D eigenvalue weighted by molar-refractivity contribution is 7.84. The van der Waals surface area contributed by atoms with Crippen molar-refractivity contribution in [2.24, 2.45) is 12.2 Å². The molecule has 0 atom stereocenters. The van der Waals surface area contributed by atoms with Gasteiger partial charge in [-0.15, -0.1) is 0 Å². The van der Waals surface area contributed by atoms with Gasteiger partial charge in [-0.1, -0.05) is 11.6 Å². The van der Waals surface area contributed by atoms with Gasteiger partial charge in [-0.2, -0.15) is 18.7 Å². The van der Waals surface area contributed by atoms with Crippen LogP contribution in [0.25, 0.3) is 22.8 Å². The lowest BCUT2D eigenvalue weighted by Gasteiger charge is -2.08. The van der Waals surface area contributed by atoms with E-state index in [2.05, 4.69) is 14.4 Å². The first-order chi connectivity index (χ1) is 12.2. The van der Waals surface area contributed by atoms with Gasteiger partial charge in [-0.05, 0) is 37.3 Å². The van der Waals surface area contributed by atoms with Crippen molar-refractivity contribution in [2.45, 2.75) is 6.92 Å². The standard InChI is InChI=1S/C16H15ClN4O4S/c1-10-13(4-6-15(22)25-26(18,23)24)16(20(2)19-10)21-8-7-11-9-12(17)3-5-14(11)21/h3-9H,1-2H3,(H2,18,23,24). The van der Waals surface area contributed by atoms with Crippen LogP contribution >= 0.6 is 11.6 Å².